The van der Waals surface area contributed by atoms with Gasteiger partial charge in [0.2, 0.25) is 0 Å². The van der Waals surface area contributed by atoms with Gasteiger partial charge in [-0.2, -0.15) is 0 Å². The van der Waals surface area contributed by atoms with Gasteiger partial charge in [0, 0.05) is 34.2 Å². The molecule has 0 fully saturated rings. The van der Waals surface area contributed by atoms with Gasteiger partial charge in [0.25, 0.3) is 5.91 Å². The number of amides is 1. The highest BCUT2D eigenvalue weighted by Crippen LogP contribution is 2.45. The Kier molecular flexibility index (Phi) is 6.74. The smallest absolute Gasteiger partial charge is 0.261 e. The summed E-state index contributed by atoms with van der Waals surface area (Å²) in [4.78, 5) is 18.4. The first-order chi connectivity index (χ1) is 14.2. The zero-order valence-electron chi connectivity index (χ0n) is 16.6. The third-order valence-electron chi connectivity index (χ3n) is 5.05. The van der Waals surface area contributed by atoms with E-state index in [2.05, 4.69) is 47.5 Å². The Morgan fingerprint density at radius 1 is 1.21 bits per heavy atom. The number of nitrogens with zero attached hydrogens (tertiary/aromatic N) is 1. The maximum Gasteiger partial charge on any atom is 0.261 e. The summed E-state index contributed by atoms with van der Waals surface area (Å²) in [6.45, 7) is 5.44. The summed E-state index contributed by atoms with van der Waals surface area (Å²) in [6, 6.07) is 14.4. The van der Waals surface area contributed by atoms with E-state index in [0.29, 0.717) is 6.54 Å². The van der Waals surface area contributed by atoms with Gasteiger partial charge >= 0.3 is 0 Å². The van der Waals surface area contributed by atoms with E-state index in [1.807, 2.05) is 23.9 Å². The van der Waals surface area contributed by atoms with E-state index in [0.717, 1.165) is 48.9 Å². The highest BCUT2D eigenvalue weighted by molar-refractivity contribution is 7.98. The molecule has 3 heterocycles. The van der Waals surface area contributed by atoms with Crippen LogP contribution in [0.25, 0.3) is 10.4 Å². The van der Waals surface area contributed by atoms with Crippen molar-refractivity contribution in [3.8, 4) is 10.4 Å². The number of thioether (sulfide) groups is 1. The largest absolute Gasteiger partial charge is 0.468 e. The van der Waals surface area contributed by atoms with E-state index >= 15 is 0 Å². The number of fused-ring (bicyclic) bond motifs is 3. The predicted molar refractivity (Wildman–Crippen MR) is 121 cm³/mol. The molecule has 0 radical (unpaired) electrons. The molecular weight excluding hydrogens is 400 g/mol. The molecule has 1 N–H and O–H groups in total. The van der Waals surface area contributed by atoms with Gasteiger partial charge in [0.15, 0.2) is 0 Å². The van der Waals surface area contributed by atoms with Crippen LogP contribution in [0.2, 0.25) is 0 Å². The maximum absolute atomic E-state index is 12.7. The maximum atomic E-state index is 12.7. The summed E-state index contributed by atoms with van der Waals surface area (Å²) in [6.07, 6.45) is 4.01. The lowest BCUT2D eigenvalue weighted by Crippen LogP contribution is -2.35. The van der Waals surface area contributed by atoms with Crippen LogP contribution in [0.1, 0.15) is 40.8 Å². The monoisotopic (exact) mass is 426 g/mol. The molecule has 1 aromatic carbocycles. The molecule has 3 aromatic rings. The van der Waals surface area contributed by atoms with Crippen molar-refractivity contribution in [2.75, 3.05) is 19.6 Å². The summed E-state index contributed by atoms with van der Waals surface area (Å²) in [5, 5.41) is 3.11. The normalized spacial score (nSPS) is 12.6. The van der Waals surface area contributed by atoms with Crippen LogP contribution in [-0.2, 0) is 12.3 Å². The number of unbranched alkanes of at least 4 members (excludes halogenated alkanes) is 1. The molecule has 0 unspecified atom stereocenters. The van der Waals surface area contributed by atoms with E-state index in [1.165, 1.54) is 20.9 Å². The average Bonchev–Trinajstić information content (AvgIpc) is 3.41. The predicted octanol–water partition coefficient (Wildman–Crippen LogP) is 5.65. The number of carbonyl (C=O) groups is 1. The molecule has 0 saturated heterocycles. The summed E-state index contributed by atoms with van der Waals surface area (Å²) < 4.78 is 5.49. The van der Waals surface area contributed by atoms with Crippen molar-refractivity contribution in [1.82, 2.24) is 10.2 Å². The second kappa shape index (κ2) is 9.65. The second-order valence-corrected chi connectivity index (χ2v) is 9.28. The fourth-order valence-electron chi connectivity index (χ4n) is 3.50. The molecule has 29 heavy (non-hydrogen) atoms. The molecule has 2 aromatic heterocycles. The first-order valence-electron chi connectivity index (χ1n) is 10.1. The third kappa shape index (κ3) is 4.94. The lowest BCUT2D eigenvalue weighted by atomic mass is 10.1. The number of carbonyl (C=O) groups excluding carboxylic acids is 1. The zero-order valence-corrected chi connectivity index (χ0v) is 18.3. The number of furan rings is 1. The lowest BCUT2D eigenvalue weighted by Gasteiger charge is -2.21. The van der Waals surface area contributed by atoms with Gasteiger partial charge < -0.3 is 9.73 Å². The number of thiophene rings is 1. The first-order valence-corrected chi connectivity index (χ1v) is 11.9. The van der Waals surface area contributed by atoms with Crippen molar-refractivity contribution < 1.29 is 9.21 Å². The summed E-state index contributed by atoms with van der Waals surface area (Å²) in [5.41, 5.74) is 2.53. The Morgan fingerprint density at radius 2 is 2.10 bits per heavy atom. The molecule has 1 amide bonds. The summed E-state index contributed by atoms with van der Waals surface area (Å²) >= 11 is 3.46. The Balaban J connectivity index is 1.35. The van der Waals surface area contributed by atoms with Crippen molar-refractivity contribution in [2.45, 2.75) is 37.0 Å². The van der Waals surface area contributed by atoms with Crippen LogP contribution in [0, 0.1) is 0 Å². The van der Waals surface area contributed by atoms with E-state index in [1.54, 1.807) is 17.6 Å². The standard InChI is InChI=1S/C23H26N2O2S2/c1-2-3-11-25(15-18-7-6-13-27-18)12-10-24-23(26)21-14-17-16-28-20-9-5-4-8-19(20)22(17)29-21/h4-9,13-14H,2-3,10-12,15-16H2,1H3,(H,24,26). The van der Waals surface area contributed by atoms with Crippen LogP contribution >= 0.6 is 23.1 Å². The van der Waals surface area contributed by atoms with E-state index < -0.39 is 0 Å². The average molecular weight is 427 g/mol. The van der Waals surface area contributed by atoms with Crippen molar-refractivity contribution in [3.05, 3.63) is 64.9 Å². The Hall–Kier alpha value is -2.02. The minimum atomic E-state index is 0.0281. The quantitative estimate of drug-likeness (QED) is 0.480. The van der Waals surface area contributed by atoms with Crippen LogP contribution in [0.4, 0.5) is 0 Å². The van der Waals surface area contributed by atoms with Crippen LogP contribution < -0.4 is 5.32 Å². The van der Waals surface area contributed by atoms with Crippen molar-refractivity contribution in [1.29, 1.82) is 0 Å². The summed E-state index contributed by atoms with van der Waals surface area (Å²) in [5.74, 6) is 1.93. The molecule has 0 spiro atoms. The highest BCUT2D eigenvalue weighted by Gasteiger charge is 2.21. The first kappa shape index (κ1) is 20.3. The fourth-order valence-corrected chi connectivity index (χ4v) is 5.83. The number of benzene rings is 1. The molecule has 0 saturated carbocycles. The molecule has 6 heteroatoms. The molecule has 4 rings (SSSR count). The Labute approximate surface area is 180 Å². The minimum absolute atomic E-state index is 0.0281. The SMILES string of the molecule is CCCCN(CCNC(=O)c1cc2c(s1)-c1ccccc1SC2)Cc1ccco1. The Morgan fingerprint density at radius 3 is 2.93 bits per heavy atom. The molecule has 0 atom stereocenters. The fraction of sp³-hybridized carbons (Fsp3) is 0.348. The number of hydrogen-bond acceptors (Lipinski definition) is 5. The van der Waals surface area contributed by atoms with Crippen LogP contribution in [0.3, 0.4) is 0 Å². The third-order valence-corrected chi connectivity index (χ3v) is 7.38. The molecule has 1 aliphatic heterocycles. The van der Waals surface area contributed by atoms with Gasteiger partial charge in [-0.1, -0.05) is 31.5 Å². The van der Waals surface area contributed by atoms with Gasteiger partial charge in [0.1, 0.15) is 5.76 Å². The van der Waals surface area contributed by atoms with Crippen molar-refractivity contribution in [2.24, 2.45) is 0 Å². The molecule has 0 aliphatic carbocycles. The van der Waals surface area contributed by atoms with Gasteiger partial charge in [-0.3, -0.25) is 9.69 Å². The number of rotatable bonds is 9. The highest BCUT2D eigenvalue weighted by atomic mass is 32.2. The topological polar surface area (TPSA) is 45.5 Å². The van der Waals surface area contributed by atoms with Gasteiger partial charge in [-0.15, -0.1) is 23.1 Å². The van der Waals surface area contributed by atoms with E-state index in [9.17, 15) is 4.79 Å². The molecule has 4 nitrogen and oxygen atoms in total. The van der Waals surface area contributed by atoms with E-state index in [-0.39, 0.29) is 5.91 Å². The summed E-state index contributed by atoms with van der Waals surface area (Å²) in [7, 11) is 0. The van der Waals surface area contributed by atoms with E-state index in [4.69, 9.17) is 4.42 Å². The van der Waals surface area contributed by atoms with Crippen LogP contribution in [0.5, 0.6) is 0 Å². The number of hydrogen-bond donors (Lipinski definition) is 1. The van der Waals surface area contributed by atoms with Gasteiger partial charge in [-0.25, -0.2) is 0 Å². The van der Waals surface area contributed by atoms with Crippen molar-refractivity contribution >= 4 is 29.0 Å². The molecular formula is C23H26N2O2S2. The van der Waals surface area contributed by atoms with Gasteiger partial charge in [0.05, 0.1) is 17.7 Å². The molecule has 1 aliphatic rings. The van der Waals surface area contributed by atoms with Crippen LogP contribution in [-0.4, -0.2) is 30.4 Å². The van der Waals surface area contributed by atoms with Crippen molar-refractivity contribution in [3.63, 3.8) is 0 Å². The Bertz CT molecular complexity index is 950. The number of nitrogens with one attached hydrogen (secondary N) is 1. The molecule has 0 bridgehead atoms. The van der Waals surface area contributed by atoms with Crippen LogP contribution in [0.15, 0.2) is 58.0 Å². The lowest BCUT2D eigenvalue weighted by molar-refractivity contribution is 0.0951. The van der Waals surface area contributed by atoms with Gasteiger partial charge in [-0.05, 0) is 42.8 Å². The second-order valence-electron chi connectivity index (χ2n) is 7.21. The zero-order chi connectivity index (χ0) is 20.1. The minimum Gasteiger partial charge on any atom is -0.468 e. The molecule has 152 valence electrons.